The highest BCUT2D eigenvalue weighted by Gasteiger charge is 2.18. The van der Waals surface area contributed by atoms with Crippen LogP contribution in [0.2, 0.25) is 0 Å². The number of carbonyl (C=O) groups is 1. The molecular weight excluding hydrogens is 323 g/mol. The topological polar surface area (TPSA) is 29.5 Å². The van der Waals surface area contributed by atoms with Crippen LogP contribution < -0.4 is 4.90 Å². The molecule has 0 radical (unpaired) electrons. The van der Waals surface area contributed by atoms with Crippen LogP contribution in [0.4, 0.5) is 14.3 Å². The largest absolute Gasteiger partial charge is 0.796 e. The van der Waals surface area contributed by atoms with Crippen molar-refractivity contribution in [2.75, 3.05) is 19.0 Å². The van der Waals surface area contributed by atoms with Gasteiger partial charge in [-0.25, -0.2) is 8.63 Å². The molecule has 0 aliphatic rings. The van der Waals surface area contributed by atoms with Crippen molar-refractivity contribution in [3.63, 3.8) is 0 Å². The van der Waals surface area contributed by atoms with Gasteiger partial charge in [0.05, 0.1) is 0 Å². The van der Waals surface area contributed by atoms with E-state index in [4.69, 9.17) is 0 Å². The molecule has 3 nitrogen and oxygen atoms in total. The molecule has 0 heterocycles. The minimum atomic E-state index is -3.00. The Hall–Kier alpha value is -2.89. The van der Waals surface area contributed by atoms with Crippen LogP contribution in [-0.4, -0.2) is 27.3 Å². The van der Waals surface area contributed by atoms with E-state index in [1.165, 1.54) is 6.08 Å². The summed E-state index contributed by atoms with van der Waals surface area (Å²) in [6.45, 7) is 0. The number of carbonyl (C=O) groups excluding carboxylic acids is 1. The zero-order valence-electron chi connectivity index (χ0n) is 14.0. The van der Waals surface area contributed by atoms with Gasteiger partial charge in [-0.2, -0.15) is 0 Å². The number of anilines is 1. The maximum atomic E-state index is 12.6. The SMILES string of the molecule is CN(C)c1ccc(/C=C/C(=C/C(=O)c2ccccc2)OB(F)F)cc1. The van der Waals surface area contributed by atoms with Gasteiger partial charge in [-0.15, -0.1) is 0 Å². The van der Waals surface area contributed by atoms with Crippen LogP contribution in [0, 0.1) is 0 Å². The third-order valence-electron chi connectivity index (χ3n) is 3.41. The van der Waals surface area contributed by atoms with Gasteiger partial charge in [0.15, 0.2) is 5.78 Å². The number of rotatable bonds is 7. The predicted molar refractivity (Wildman–Crippen MR) is 97.7 cm³/mol. The van der Waals surface area contributed by atoms with E-state index in [9.17, 15) is 13.4 Å². The van der Waals surface area contributed by atoms with Gasteiger partial charge < -0.3 is 9.55 Å². The van der Waals surface area contributed by atoms with Gasteiger partial charge in [-0.05, 0) is 23.8 Å². The second-order valence-corrected chi connectivity index (χ2v) is 5.47. The van der Waals surface area contributed by atoms with Crippen molar-refractivity contribution >= 4 is 25.0 Å². The molecule has 25 heavy (non-hydrogen) atoms. The molecule has 0 bridgehead atoms. The van der Waals surface area contributed by atoms with Crippen molar-refractivity contribution in [2.24, 2.45) is 0 Å². The summed E-state index contributed by atoms with van der Waals surface area (Å²) in [5.41, 5.74) is 2.24. The van der Waals surface area contributed by atoms with E-state index in [2.05, 4.69) is 4.65 Å². The van der Waals surface area contributed by atoms with E-state index in [-0.39, 0.29) is 5.76 Å². The summed E-state index contributed by atoms with van der Waals surface area (Å²) in [5.74, 6) is -0.593. The molecule has 0 N–H and O–H groups in total. The van der Waals surface area contributed by atoms with E-state index in [0.717, 1.165) is 17.3 Å². The summed E-state index contributed by atoms with van der Waals surface area (Å²) in [6, 6.07) is 15.9. The summed E-state index contributed by atoms with van der Waals surface area (Å²) < 4.78 is 29.6. The zero-order chi connectivity index (χ0) is 18.2. The molecule has 6 heteroatoms. The Morgan fingerprint density at radius 1 is 1.04 bits per heavy atom. The molecule has 0 fully saturated rings. The van der Waals surface area contributed by atoms with Crippen molar-refractivity contribution in [1.82, 2.24) is 0 Å². The number of allylic oxidation sites excluding steroid dienone is 2. The van der Waals surface area contributed by atoms with Gasteiger partial charge in [0.2, 0.25) is 0 Å². The standard InChI is InChI=1S/C19H18BF2NO2/c1-23(2)17-11-8-15(9-12-17)10-13-18(25-20(21)22)14-19(24)16-6-4-3-5-7-16/h3-14H,1-2H3/b13-10+,18-14-. The third kappa shape index (κ3) is 5.92. The van der Waals surface area contributed by atoms with Crippen LogP contribution in [0.1, 0.15) is 15.9 Å². The summed E-state index contributed by atoms with van der Waals surface area (Å²) in [6.07, 6.45) is 4.04. The predicted octanol–water partition coefficient (Wildman–Crippen LogP) is 4.47. The molecule has 0 aliphatic heterocycles. The maximum Gasteiger partial charge on any atom is 0.796 e. The molecule has 0 atom stereocenters. The maximum absolute atomic E-state index is 12.6. The van der Waals surface area contributed by atoms with Crippen LogP contribution in [0.3, 0.4) is 0 Å². The monoisotopic (exact) mass is 341 g/mol. The molecule has 0 saturated heterocycles. The Morgan fingerprint density at radius 3 is 2.24 bits per heavy atom. The minimum absolute atomic E-state index is 0.194. The first kappa shape index (κ1) is 18.5. The Labute approximate surface area is 146 Å². The number of hydrogen-bond donors (Lipinski definition) is 0. The fraction of sp³-hybridized carbons (Fsp3) is 0.105. The van der Waals surface area contributed by atoms with Gasteiger partial charge in [0, 0.05) is 31.4 Å². The summed E-state index contributed by atoms with van der Waals surface area (Å²) >= 11 is 0. The van der Waals surface area contributed by atoms with Gasteiger partial charge >= 0.3 is 7.47 Å². The fourth-order valence-corrected chi connectivity index (χ4v) is 2.10. The first-order valence-electron chi connectivity index (χ1n) is 7.67. The van der Waals surface area contributed by atoms with Crippen LogP contribution >= 0.6 is 0 Å². The molecule has 2 aromatic rings. The minimum Gasteiger partial charge on any atom is -0.505 e. The highest BCUT2D eigenvalue weighted by Crippen LogP contribution is 2.15. The fourth-order valence-electron chi connectivity index (χ4n) is 2.10. The summed E-state index contributed by atoms with van der Waals surface area (Å²) in [7, 11) is 0.852. The lowest BCUT2D eigenvalue weighted by molar-refractivity contribution is 0.104. The third-order valence-corrected chi connectivity index (χ3v) is 3.41. The first-order valence-corrected chi connectivity index (χ1v) is 7.67. The van der Waals surface area contributed by atoms with Gasteiger partial charge in [0.25, 0.3) is 0 Å². The van der Waals surface area contributed by atoms with E-state index < -0.39 is 13.3 Å². The molecule has 0 aliphatic carbocycles. The van der Waals surface area contributed by atoms with Gasteiger partial charge in [-0.1, -0.05) is 48.5 Å². The highest BCUT2D eigenvalue weighted by atomic mass is 19.2. The molecule has 2 aromatic carbocycles. The lowest BCUT2D eigenvalue weighted by Crippen LogP contribution is -2.07. The highest BCUT2D eigenvalue weighted by molar-refractivity contribution is 6.35. The zero-order valence-corrected chi connectivity index (χ0v) is 14.0. The van der Waals surface area contributed by atoms with Crippen molar-refractivity contribution in [1.29, 1.82) is 0 Å². The molecule has 2 rings (SSSR count). The van der Waals surface area contributed by atoms with Crippen LogP contribution in [0.15, 0.2) is 72.5 Å². The molecule has 0 aromatic heterocycles. The van der Waals surface area contributed by atoms with Crippen LogP contribution in [0.5, 0.6) is 0 Å². The Kier molecular flexibility index (Phi) is 6.51. The Morgan fingerprint density at radius 2 is 1.68 bits per heavy atom. The van der Waals surface area contributed by atoms with E-state index >= 15 is 0 Å². The number of halogens is 2. The Bertz CT molecular complexity index is 757. The first-order chi connectivity index (χ1) is 12.0. The molecule has 0 saturated carbocycles. The molecule has 0 spiro atoms. The summed E-state index contributed by atoms with van der Waals surface area (Å²) in [4.78, 5) is 14.1. The number of nitrogens with zero attached hydrogens (tertiary/aromatic N) is 1. The number of hydrogen-bond acceptors (Lipinski definition) is 3. The lowest BCUT2D eigenvalue weighted by atomic mass is 10.1. The Balaban J connectivity index is 2.19. The molecule has 0 amide bonds. The molecular formula is C19H18BF2NO2. The average molecular weight is 341 g/mol. The average Bonchev–Trinajstić information content (AvgIpc) is 2.60. The van der Waals surface area contributed by atoms with Crippen molar-refractivity contribution in [2.45, 2.75) is 0 Å². The van der Waals surface area contributed by atoms with Gasteiger partial charge in [0.1, 0.15) is 5.76 Å². The van der Waals surface area contributed by atoms with Crippen LogP contribution in [0.25, 0.3) is 6.08 Å². The van der Waals surface area contributed by atoms with Gasteiger partial charge in [-0.3, -0.25) is 4.79 Å². The van der Waals surface area contributed by atoms with Crippen molar-refractivity contribution in [3.8, 4) is 0 Å². The van der Waals surface area contributed by atoms with E-state index in [1.807, 2.05) is 43.3 Å². The van der Waals surface area contributed by atoms with Crippen LogP contribution in [-0.2, 0) is 4.65 Å². The number of benzene rings is 2. The smallest absolute Gasteiger partial charge is 0.505 e. The quantitative estimate of drug-likeness (QED) is 0.245. The van der Waals surface area contributed by atoms with E-state index in [1.54, 1.807) is 36.4 Å². The second kappa shape index (κ2) is 8.82. The normalized spacial score (nSPS) is 11.4. The lowest BCUT2D eigenvalue weighted by Gasteiger charge is -2.11. The summed E-state index contributed by atoms with van der Waals surface area (Å²) in [5, 5.41) is 0. The second-order valence-electron chi connectivity index (χ2n) is 5.47. The van der Waals surface area contributed by atoms with Crippen molar-refractivity contribution < 1.29 is 18.1 Å². The number of ketones is 1. The molecule has 0 unspecified atom stereocenters. The van der Waals surface area contributed by atoms with E-state index in [0.29, 0.717) is 5.56 Å². The van der Waals surface area contributed by atoms with Crippen molar-refractivity contribution in [3.05, 3.63) is 83.6 Å². The molecule has 128 valence electrons.